The number of fused-ring (bicyclic) bond motifs is 2. The van der Waals surface area contributed by atoms with Gasteiger partial charge < -0.3 is 14.5 Å². The van der Waals surface area contributed by atoms with E-state index in [1.165, 1.54) is 6.42 Å². The largest absolute Gasteiger partial charge is 0.487 e. The molecule has 164 valence electrons. The van der Waals surface area contributed by atoms with Crippen molar-refractivity contribution in [1.29, 1.82) is 0 Å². The molecule has 2 atom stereocenters. The topological polar surface area (TPSA) is 49.9 Å². The predicted molar refractivity (Wildman–Crippen MR) is 118 cm³/mol. The summed E-state index contributed by atoms with van der Waals surface area (Å²) in [6.07, 6.45) is 11.6. The first kappa shape index (κ1) is 21.2. The number of hydrogen-bond donors (Lipinski definition) is 0. The molecule has 0 radical (unpaired) electrons. The number of rotatable bonds is 1. The van der Waals surface area contributed by atoms with Crippen LogP contribution in [0.5, 0.6) is 5.75 Å². The molecule has 5 heteroatoms. The van der Waals surface area contributed by atoms with Crippen LogP contribution < -0.4 is 4.74 Å². The van der Waals surface area contributed by atoms with Gasteiger partial charge in [-0.2, -0.15) is 0 Å². The van der Waals surface area contributed by atoms with Gasteiger partial charge in [0.2, 0.25) is 5.91 Å². The number of nitrogens with zero attached hydrogens (tertiary/aromatic N) is 2. The number of para-hydroxylation sites is 1. The van der Waals surface area contributed by atoms with Crippen LogP contribution in [0.2, 0.25) is 0 Å². The second kappa shape index (κ2) is 9.84. The quantitative estimate of drug-likeness (QED) is 0.675. The van der Waals surface area contributed by atoms with Gasteiger partial charge in [0.15, 0.2) is 0 Å². The molecule has 1 aromatic carbocycles. The Morgan fingerprint density at radius 3 is 2.40 bits per heavy atom. The molecule has 1 aromatic rings. The highest BCUT2D eigenvalue weighted by Crippen LogP contribution is 2.34. The predicted octanol–water partition coefficient (Wildman–Crippen LogP) is 4.65. The maximum absolute atomic E-state index is 13.3. The van der Waals surface area contributed by atoms with E-state index in [-0.39, 0.29) is 24.0 Å². The second-order valence-electron chi connectivity index (χ2n) is 9.30. The molecule has 1 aliphatic heterocycles. The van der Waals surface area contributed by atoms with Gasteiger partial charge in [-0.1, -0.05) is 37.8 Å². The van der Waals surface area contributed by atoms with Crippen LogP contribution in [0.4, 0.5) is 0 Å². The van der Waals surface area contributed by atoms with Crippen LogP contribution >= 0.6 is 0 Å². The zero-order chi connectivity index (χ0) is 20.9. The highest BCUT2D eigenvalue weighted by Gasteiger charge is 2.38. The minimum atomic E-state index is -0.0371. The standard InChI is InChI=1S/C25H36N2O3/c1-26-17-8-2-3-9-18-27(24(28)19-11-10-12-19)21-14-5-7-16-23(21)30-22-15-6-4-13-20(22)25(26)29/h4,6,13,15,19,21,23H,2-3,5,7-12,14,16-18H2,1H3/t21-,23+/m1/s1. The lowest BCUT2D eigenvalue weighted by atomic mass is 9.82. The summed E-state index contributed by atoms with van der Waals surface area (Å²) in [5, 5.41) is 0. The van der Waals surface area contributed by atoms with Crippen molar-refractivity contribution in [1.82, 2.24) is 9.80 Å². The first-order valence-corrected chi connectivity index (χ1v) is 12.0. The van der Waals surface area contributed by atoms with Gasteiger partial charge in [0, 0.05) is 26.1 Å². The Morgan fingerprint density at radius 2 is 1.63 bits per heavy atom. The van der Waals surface area contributed by atoms with Gasteiger partial charge in [-0.15, -0.1) is 0 Å². The minimum Gasteiger partial charge on any atom is -0.487 e. The van der Waals surface area contributed by atoms with E-state index >= 15 is 0 Å². The first-order chi connectivity index (χ1) is 14.6. The molecule has 0 N–H and O–H groups in total. The van der Waals surface area contributed by atoms with E-state index in [1.54, 1.807) is 0 Å². The molecule has 0 saturated heterocycles. The molecule has 0 aromatic heterocycles. The lowest BCUT2D eigenvalue weighted by Gasteiger charge is -2.42. The average molecular weight is 413 g/mol. The van der Waals surface area contributed by atoms with Gasteiger partial charge in [0.05, 0.1) is 11.6 Å². The lowest BCUT2D eigenvalue weighted by molar-refractivity contribution is -0.144. The molecule has 2 amide bonds. The number of hydrogen-bond acceptors (Lipinski definition) is 3. The van der Waals surface area contributed by atoms with Crippen LogP contribution in [-0.2, 0) is 4.79 Å². The van der Waals surface area contributed by atoms with Gasteiger partial charge >= 0.3 is 0 Å². The zero-order valence-electron chi connectivity index (χ0n) is 18.4. The maximum Gasteiger partial charge on any atom is 0.257 e. The Labute approximate surface area is 180 Å². The third-order valence-corrected chi connectivity index (χ3v) is 7.19. The molecule has 1 heterocycles. The first-order valence-electron chi connectivity index (χ1n) is 12.0. The summed E-state index contributed by atoms with van der Waals surface area (Å²) in [5.74, 6) is 1.25. The zero-order valence-corrected chi connectivity index (χ0v) is 18.4. The van der Waals surface area contributed by atoms with Gasteiger partial charge in [0.25, 0.3) is 5.91 Å². The summed E-state index contributed by atoms with van der Waals surface area (Å²) in [6, 6.07) is 7.74. The third kappa shape index (κ3) is 4.65. The van der Waals surface area contributed by atoms with Gasteiger partial charge in [-0.05, 0) is 57.1 Å². The Bertz CT molecular complexity index is 746. The molecule has 3 aliphatic rings. The van der Waals surface area contributed by atoms with Crippen molar-refractivity contribution in [3.8, 4) is 5.75 Å². The SMILES string of the molecule is CN1CCCCCCN(C(=O)C2CCC2)[C@@H]2CCCC[C@@H]2Oc2ccccc2C1=O. The van der Waals surface area contributed by atoms with Crippen LogP contribution in [0.3, 0.4) is 0 Å². The summed E-state index contributed by atoms with van der Waals surface area (Å²) >= 11 is 0. The van der Waals surface area contributed by atoms with Crippen molar-refractivity contribution in [3.63, 3.8) is 0 Å². The van der Waals surface area contributed by atoms with Crippen molar-refractivity contribution < 1.29 is 14.3 Å². The molecule has 0 bridgehead atoms. The van der Waals surface area contributed by atoms with Crippen LogP contribution in [0.15, 0.2) is 24.3 Å². The summed E-state index contributed by atoms with van der Waals surface area (Å²) in [6.45, 7) is 1.60. The average Bonchev–Trinajstić information content (AvgIpc) is 2.72. The molecule has 4 rings (SSSR count). The third-order valence-electron chi connectivity index (χ3n) is 7.19. The molecule has 2 saturated carbocycles. The van der Waals surface area contributed by atoms with Gasteiger partial charge in [0.1, 0.15) is 11.9 Å². The number of carbonyl (C=O) groups excluding carboxylic acids is 2. The van der Waals surface area contributed by atoms with Gasteiger partial charge in [-0.25, -0.2) is 0 Å². The van der Waals surface area contributed by atoms with Crippen molar-refractivity contribution in [2.75, 3.05) is 20.1 Å². The van der Waals surface area contributed by atoms with E-state index in [9.17, 15) is 9.59 Å². The molecule has 30 heavy (non-hydrogen) atoms. The Hall–Kier alpha value is -2.04. The molecule has 0 unspecified atom stereocenters. The summed E-state index contributed by atoms with van der Waals surface area (Å²) < 4.78 is 6.53. The normalized spacial score (nSPS) is 26.6. The van der Waals surface area contributed by atoms with E-state index in [4.69, 9.17) is 4.74 Å². The molecule has 0 spiro atoms. The fourth-order valence-electron chi connectivity index (χ4n) is 5.10. The van der Waals surface area contributed by atoms with E-state index in [1.807, 2.05) is 36.2 Å². The van der Waals surface area contributed by atoms with Crippen molar-refractivity contribution >= 4 is 11.8 Å². The van der Waals surface area contributed by atoms with Gasteiger partial charge in [-0.3, -0.25) is 9.59 Å². The van der Waals surface area contributed by atoms with Crippen molar-refractivity contribution in [2.45, 2.75) is 82.8 Å². The highest BCUT2D eigenvalue weighted by atomic mass is 16.5. The minimum absolute atomic E-state index is 0.0254. The summed E-state index contributed by atoms with van der Waals surface area (Å²) in [4.78, 5) is 30.4. The van der Waals surface area contributed by atoms with E-state index in [0.717, 1.165) is 77.3 Å². The molecule has 2 fully saturated rings. The summed E-state index contributed by atoms with van der Waals surface area (Å²) in [7, 11) is 1.88. The van der Waals surface area contributed by atoms with Crippen LogP contribution in [-0.4, -0.2) is 53.9 Å². The van der Waals surface area contributed by atoms with E-state index in [2.05, 4.69) is 4.90 Å². The fraction of sp³-hybridized carbons (Fsp3) is 0.680. The van der Waals surface area contributed by atoms with E-state index < -0.39 is 0 Å². The number of benzene rings is 1. The Morgan fingerprint density at radius 1 is 0.900 bits per heavy atom. The Kier molecular flexibility index (Phi) is 6.96. The molecule has 2 aliphatic carbocycles. The van der Waals surface area contributed by atoms with E-state index in [0.29, 0.717) is 17.2 Å². The highest BCUT2D eigenvalue weighted by molar-refractivity contribution is 5.96. The number of amides is 2. The smallest absolute Gasteiger partial charge is 0.257 e. The van der Waals surface area contributed by atoms with Crippen LogP contribution in [0.1, 0.15) is 81.0 Å². The summed E-state index contributed by atoms with van der Waals surface area (Å²) in [5.41, 5.74) is 0.637. The molecular formula is C25H36N2O3. The van der Waals surface area contributed by atoms with Crippen molar-refractivity contribution in [2.24, 2.45) is 5.92 Å². The van der Waals surface area contributed by atoms with Crippen LogP contribution in [0.25, 0.3) is 0 Å². The Balaban J connectivity index is 1.63. The number of carbonyl (C=O) groups is 2. The van der Waals surface area contributed by atoms with Crippen molar-refractivity contribution in [3.05, 3.63) is 29.8 Å². The monoisotopic (exact) mass is 412 g/mol. The fourth-order valence-corrected chi connectivity index (χ4v) is 5.10. The van der Waals surface area contributed by atoms with Crippen LogP contribution in [0, 0.1) is 5.92 Å². The molecular weight excluding hydrogens is 376 g/mol. The second-order valence-corrected chi connectivity index (χ2v) is 9.30. The number of ether oxygens (including phenoxy) is 1. The molecule has 5 nitrogen and oxygen atoms in total. The lowest BCUT2D eigenvalue weighted by Crippen LogP contribution is -2.53. The maximum atomic E-state index is 13.3.